The van der Waals surface area contributed by atoms with Gasteiger partial charge in [0.05, 0.1) is 5.75 Å². The summed E-state index contributed by atoms with van der Waals surface area (Å²) < 4.78 is 18.5. The second kappa shape index (κ2) is 9.39. The molecule has 0 aromatic heterocycles. The van der Waals surface area contributed by atoms with E-state index in [-0.39, 0.29) is 24.0 Å². The molecule has 0 heterocycles. The lowest BCUT2D eigenvalue weighted by Crippen LogP contribution is -2.33. The van der Waals surface area contributed by atoms with Gasteiger partial charge in [0.15, 0.2) is 0 Å². The summed E-state index contributed by atoms with van der Waals surface area (Å²) in [7, 11) is 0. The van der Waals surface area contributed by atoms with Gasteiger partial charge in [-0.3, -0.25) is 4.79 Å². The van der Waals surface area contributed by atoms with Gasteiger partial charge in [0.2, 0.25) is 5.91 Å². The third kappa shape index (κ3) is 9.07. The van der Waals surface area contributed by atoms with Crippen LogP contribution in [0.3, 0.4) is 0 Å². The molecule has 0 saturated heterocycles. The highest BCUT2D eigenvalue weighted by Gasteiger charge is 2.15. The maximum atomic E-state index is 13.4. The molecule has 2 N–H and O–H groups in total. The third-order valence-corrected chi connectivity index (χ3v) is 3.54. The molecule has 0 bridgehead atoms. The van der Waals surface area contributed by atoms with Crippen LogP contribution in [0.1, 0.15) is 26.3 Å². The summed E-state index contributed by atoms with van der Waals surface area (Å²) in [6.45, 7) is 5.96. The van der Waals surface area contributed by atoms with Crippen LogP contribution in [-0.2, 0) is 16.1 Å². The summed E-state index contributed by atoms with van der Waals surface area (Å²) in [5.41, 5.74) is -0.0680. The molecular formula is C16H23FN2O3S. The van der Waals surface area contributed by atoms with Gasteiger partial charge in [0, 0.05) is 24.4 Å². The SMILES string of the molecule is CC(C)(C)OC(=O)NCCSCC(=O)NCc1ccccc1F. The van der Waals surface area contributed by atoms with E-state index < -0.39 is 11.7 Å². The van der Waals surface area contributed by atoms with Crippen molar-refractivity contribution in [3.63, 3.8) is 0 Å². The van der Waals surface area contributed by atoms with Gasteiger partial charge < -0.3 is 15.4 Å². The second-order valence-corrected chi connectivity index (χ2v) is 6.95. The Morgan fingerprint density at radius 2 is 1.91 bits per heavy atom. The van der Waals surface area contributed by atoms with Crippen LogP contribution >= 0.6 is 11.8 Å². The molecule has 0 radical (unpaired) electrons. The minimum atomic E-state index is -0.524. The summed E-state index contributed by atoms with van der Waals surface area (Å²) in [6.07, 6.45) is -0.470. The van der Waals surface area contributed by atoms with Gasteiger partial charge in [-0.05, 0) is 26.8 Å². The summed E-state index contributed by atoms with van der Waals surface area (Å²) >= 11 is 1.38. The third-order valence-electron chi connectivity index (χ3n) is 2.58. The molecule has 0 spiro atoms. The number of carbonyl (C=O) groups excluding carboxylic acids is 2. The highest BCUT2D eigenvalue weighted by Crippen LogP contribution is 2.07. The molecule has 0 aliphatic carbocycles. The van der Waals surface area contributed by atoms with Crippen LogP contribution in [0.5, 0.6) is 0 Å². The zero-order chi connectivity index (χ0) is 17.3. The van der Waals surface area contributed by atoms with Gasteiger partial charge in [-0.1, -0.05) is 18.2 Å². The van der Waals surface area contributed by atoms with Crippen molar-refractivity contribution < 1.29 is 18.7 Å². The molecule has 0 aliphatic rings. The van der Waals surface area contributed by atoms with Gasteiger partial charge >= 0.3 is 6.09 Å². The van der Waals surface area contributed by atoms with Gasteiger partial charge in [-0.15, -0.1) is 0 Å². The first kappa shape index (κ1) is 19.3. The summed E-state index contributed by atoms with van der Waals surface area (Å²) in [5, 5.41) is 5.27. The molecule has 0 unspecified atom stereocenters. The molecule has 0 aliphatic heterocycles. The molecule has 23 heavy (non-hydrogen) atoms. The topological polar surface area (TPSA) is 67.4 Å². The van der Waals surface area contributed by atoms with E-state index in [4.69, 9.17) is 4.74 Å². The number of alkyl carbamates (subject to hydrolysis) is 1. The van der Waals surface area contributed by atoms with Crippen molar-refractivity contribution in [1.29, 1.82) is 0 Å². The van der Waals surface area contributed by atoms with Gasteiger partial charge in [0.25, 0.3) is 0 Å². The van der Waals surface area contributed by atoms with E-state index in [1.54, 1.807) is 39.0 Å². The molecule has 0 fully saturated rings. The van der Waals surface area contributed by atoms with Crippen LogP contribution in [0.2, 0.25) is 0 Å². The van der Waals surface area contributed by atoms with E-state index in [1.807, 2.05) is 0 Å². The average Bonchev–Trinajstić information content (AvgIpc) is 2.44. The molecule has 2 amide bonds. The first-order chi connectivity index (χ1) is 10.8. The van der Waals surface area contributed by atoms with Crippen molar-refractivity contribution in [1.82, 2.24) is 10.6 Å². The standard InChI is InChI=1S/C16H23FN2O3S/c1-16(2,3)22-15(21)18-8-9-23-11-14(20)19-10-12-6-4-5-7-13(12)17/h4-7H,8-11H2,1-3H3,(H,18,21)(H,19,20). The molecular weight excluding hydrogens is 319 g/mol. The highest BCUT2D eigenvalue weighted by molar-refractivity contribution is 7.99. The largest absolute Gasteiger partial charge is 0.444 e. The van der Waals surface area contributed by atoms with Crippen LogP contribution in [0.15, 0.2) is 24.3 Å². The van der Waals surface area contributed by atoms with E-state index in [1.165, 1.54) is 17.8 Å². The lowest BCUT2D eigenvalue weighted by molar-refractivity contribution is -0.118. The predicted octanol–water partition coefficient (Wildman–Crippen LogP) is 2.70. The van der Waals surface area contributed by atoms with Gasteiger partial charge in [0.1, 0.15) is 11.4 Å². The number of halogens is 1. The Morgan fingerprint density at radius 1 is 1.22 bits per heavy atom. The molecule has 1 aromatic rings. The Morgan fingerprint density at radius 3 is 2.57 bits per heavy atom. The number of amides is 2. The summed E-state index contributed by atoms with van der Waals surface area (Å²) in [6, 6.07) is 6.32. The van der Waals surface area contributed by atoms with E-state index in [0.717, 1.165) is 0 Å². The minimum absolute atomic E-state index is 0.169. The number of nitrogens with one attached hydrogen (secondary N) is 2. The van der Waals surface area contributed by atoms with Crippen LogP contribution in [0.4, 0.5) is 9.18 Å². The normalized spacial score (nSPS) is 11.0. The number of benzene rings is 1. The highest BCUT2D eigenvalue weighted by atomic mass is 32.2. The first-order valence-electron chi connectivity index (χ1n) is 7.32. The van der Waals surface area contributed by atoms with Crippen molar-refractivity contribution in [3.8, 4) is 0 Å². The Kier molecular flexibility index (Phi) is 7.88. The number of rotatable bonds is 7. The van der Waals surface area contributed by atoms with Crippen LogP contribution in [0.25, 0.3) is 0 Å². The van der Waals surface area contributed by atoms with Crippen LogP contribution in [-0.4, -0.2) is 35.7 Å². The van der Waals surface area contributed by atoms with Crippen molar-refractivity contribution in [2.75, 3.05) is 18.1 Å². The second-order valence-electron chi connectivity index (χ2n) is 5.85. The first-order valence-corrected chi connectivity index (χ1v) is 8.48. The number of hydrogen-bond acceptors (Lipinski definition) is 4. The lowest BCUT2D eigenvalue weighted by atomic mass is 10.2. The zero-order valence-electron chi connectivity index (χ0n) is 13.6. The van der Waals surface area contributed by atoms with E-state index in [9.17, 15) is 14.0 Å². The molecule has 1 rings (SSSR count). The Hall–Kier alpha value is -1.76. The minimum Gasteiger partial charge on any atom is -0.444 e. The Balaban J connectivity index is 2.11. The molecule has 0 saturated carbocycles. The number of ether oxygens (including phenoxy) is 1. The Labute approximate surface area is 140 Å². The van der Waals surface area contributed by atoms with Gasteiger partial charge in [-0.25, -0.2) is 9.18 Å². The summed E-state index contributed by atoms with van der Waals surface area (Å²) in [4.78, 5) is 23.0. The molecule has 0 atom stereocenters. The monoisotopic (exact) mass is 342 g/mol. The van der Waals surface area contributed by atoms with Crippen molar-refractivity contribution in [3.05, 3.63) is 35.6 Å². The number of hydrogen-bond donors (Lipinski definition) is 2. The lowest BCUT2D eigenvalue weighted by Gasteiger charge is -2.19. The van der Waals surface area contributed by atoms with E-state index in [0.29, 0.717) is 17.9 Å². The van der Waals surface area contributed by atoms with Crippen LogP contribution < -0.4 is 10.6 Å². The van der Waals surface area contributed by atoms with E-state index in [2.05, 4.69) is 10.6 Å². The smallest absolute Gasteiger partial charge is 0.407 e. The fourth-order valence-electron chi connectivity index (χ4n) is 1.59. The maximum Gasteiger partial charge on any atom is 0.407 e. The quantitative estimate of drug-likeness (QED) is 0.748. The summed E-state index contributed by atoms with van der Waals surface area (Å²) in [5.74, 6) is 0.342. The predicted molar refractivity (Wildman–Crippen MR) is 89.8 cm³/mol. The molecule has 5 nitrogen and oxygen atoms in total. The van der Waals surface area contributed by atoms with Crippen molar-refractivity contribution in [2.45, 2.75) is 32.9 Å². The number of thioether (sulfide) groups is 1. The fourth-order valence-corrected chi connectivity index (χ4v) is 2.27. The van der Waals surface area contributed by atoms with Crippen LogP contribution in [0, 0.1) is 5.82 Å². The fraction of sp³-hybridized carbons (Fsp3) is 0.500. The molecule has 128 valence electrons. The van der Waals surface area contributed by atoms with E-state index >= 15 is 0 Å². The number of carbonyl (C=O) groups is 2. The average molecular weight is 342 g/mol. The maximum absolute atomic E-state index is 13.4. The van der Waals surface area contributed by atoms with Crippen molar-refractivity contribution in [2.24, 2.45) is 0 Å². The van der Waals surface area contributed by atoms with Crippen molar-refractivity contribution >= 4 is 23.8 Å². The molecule has 1 aromatic carbocycles. The van der Waals surface area contributed by atoms with Gasteiger partial charge in [-0.2, -0.15) is 11.8 Å². The molecule has 7 heteroatoms. The Bertz CT molecular complexity index is 532. The zero-order valence-corrected chi connectivity index (χ0v) is 14.5.